The van der Waals surface area contributed by atoms with Gasteiger partial charge in [-0.15, -0.1) is 4.19 Å². The summed E-state index contributed by atoms with van der Waals surface area (Å²) in [5.74, 6) is 0. The number of benzene rings is 1. The molecule has 0 aliphatic rings. The summed E-state index contributed by atoms with van der Waals surface area (Å²) in [6.45, 7) is 1.63. The van der Waals surface area contributed by atoms with Gasteiger partial charge in [-0.05, 0) is 24.3 Å². The number of nitrogens with zero attached hydrogens (tertiary/aromatic N) is 1. The average molecular weight is 236 g/mol. The summed E-state index contributed by atoms with van der Waals surface area (Å²) < 4.78 is 11.4. The van der Waals surface area contributed by atoms with Crippen molar-refractivity contribution in [2.45, 2.75) is 13.0 Å². The quantitative estimate of drug-likeness (QED) is 0.623. The number of halogens is 1. The van der Waals surface area contributed by atoms with E-state index in [1.807, 2.05) is 6.07 Å². The molecule has 78 valence electrons. The first-order valence-electron chi connectivity index (χ1n) is 3.99. The summed E-state index contributed by atoms with van der Waals surface area (Å²) in [4.78, 5) is 17.6. The summed E-state index contributed by atoms with van der Waals surface area (Å²) >= 11 is 5.51. The highest BCUT2D eigenvalue weighted by Crippen LogP contribution is 2.47. The van der Waals surface area contributed by atoms with E-state index in [9.17, 15) is 4.57 Å². The van der Waals surface area contributed by atoms with Crippen molar-refractivity contribution in [1.82, 2.24) is 4.19 Å². The molecule has 0 radical (unpaired) electrons. The smallest absolute Gasteiger partial charge is 0.312 e. The second-order valence-electron chi connectivity index (χ2n) is 2.89. The van der Waals surface area contributed by atoms with Gasteiger partial charge in [0.2, 0.25) is 0 Å². The van der Waals surface area contributed by atoms with Gasteiger partial charge in [-0.1, -0.05) is 30.3 Å². The van der Waals surface area contributed by atoms with Crippen molar-refractivity contribution >= 4 is 19.5 Å². The maximum Gasteiger partial charge on any atom is 0.417 e. The Morgan fingerprint density at radius 3 is 2.29 bits per heavy atom. The van der Waals surface area contributed by atoms with Crippen LogP contribution in [0.2, 0.25) is 0 Å². The molecule has 14 heavy (non-hydrogen) atoms. The lowest BCUT2D eigenvalue weighted by Crippen LogP contribution is -2.13. The molecule has 0 aliphatic carbocycles. The lowest BCUT2D eigenvalue weighted by atomic mass is 10.1. The van der Waals surface area contributed by atoms with Gasteiger partial charge in [0.05, 0.1) is 6.04 Å². The molecule has 0 fully saturated rings. The lowest BCUT2D eigenvalue weighted by Gasteiger charge is -2.22. The Labute approximate surface area is 87.4 Å². The zero-order valence-corrected chi connectivity index (χ0v) is 9.19. The molecule has 6 heteroatoms. The van der Waals surface area contributed by atoms with Gasteiger partial charge in [-0.3, -0.25) is 0 Å². The van der Waals surface area contributed by atoms with Crippen LogP contribution in [0.4, 0.5) is 0 Å². The molecule has 0 saturated heterocycles. The first kappa shape index (κ1) is 11.7. The Morgan fingerprint density at radius 1 is 1.36 bits per heavy atom. The molecule has 1 atom stereocenters. The topological polar surface area (TPSA) is 60.8 Å². The zero-order chi connectivity index (χ0) is 10.8. The molecule has 0 aliphatic heterocycles. The fraction of sp³-hybridized carbons (Fsp3) is 0.250. The Morgan fingerprint density at radius 2 is 1.86 bits per heavy atom. The molecule has 0 spiro atoms. The Kier molecular flexibility index (Phi) is 3.70. The van der Waals surface area contributed by atoms with E-state index < -0.39 is 13.8 Å². The maximum absolute atomic E-state index is 10.8. The minimum Gasteiger partial charge on any atom is -0.312 e. The van der Waals surface area contributed by atoms with Crippen LogP contribution in [0, 0.1) is 0 Å². The molecule has 1 rings (SSSR count). The molecule has 0 bridgehead atoms. The highest BCUT2D eigenvalue weighted by molar-refractivity contribution is 7.50. The molecule has 0 heterocycles. The predicted octanol–water partition coefficient (Wildman–Crippen LogP) is 2.30. The minimum absolute atomic E-state index is 0.529. The van der Waals surface area contributed by atoms with E-state index in [2.05, 4.69) is 0 Å². The lowest BCUT2D eigenvalue weighted by molar-refractivity contribution is 0.304. The zero-order valence-electron chi connectivity index (χ0n) is 7.54. The van der Waals surface area contributed by atoms with Crippen molar-refractivity contribution in [2.24, 2.45) is 0 Å². The summed E-state index contributed by atoms with van der Waals surface area (Å²) in [6, 6.07) is 8.39. The number of rotatable bonds is 3. The van der Waals surface area contributed by atoms with Gasteiger partial charge in [-0.25, -0.2) is 4.57 Å². The van der Waals surface area contributed by atoms with Gasteiger partial charge in [0.15, 0.2) is 0 Å². The molecule has 1 aromatic carbocycles. The van der Waals surface area contributed by atoms with Crippen molar-refractivity contribution in [3.8, 4) is 0 Å². The second-order valence-corrected chi connectivity index (χ2v) is 4.95. The van der Waals surface area contributed by atoms with Crippen molar-refractivity contribution in [3.63, 3.8) is 0 Å². The number of hydrogen-bond acceptors (Lipinski definition) is 1. The Balaban J connectivity index is 2.87. The molecule has 2 N–H and O–H groups in total. The highest BCUT2D eigenvalue weighted by atomic mass is 35.5. The average Bonchev–Trinajstić information content (AvgIpc) is 2.15. The van der Waals surface area contributed by atoms with Crippen LogP contribution in [-0.4, -0.2) is 14.0 Å². The summed E-state index contributed by atoms with van der Waals surface area (Å²) in [7, 11) is -4.38. The van der Waals surface area contributed by atoms with Gasteiger partial charge < -0.3 is 9.79 Å². The maximum atomic E-state index is 10.8. The van der Waals surface area contributed by atoms with Crippen LogP contribution in [0.15, 0.2) is 30.3 Å². The molecule has 1 aromatic rings. The SMILES string of the molecule is C[C@H](c1ccccc1)N(Cl)P(=O)(O)O. The third kappa shape index (κ3) is 2.80. The van der Waals surface area contributed by atoms with E-state index >= 15 is 0 Å². The van der Waals surface area contributed by atoms with Crippen LogP contribution in [-0.2, 0) is 4.57 Å². The normalized spacial score (nSPS) is 14.4. The van der Waals surface area contributed by atoms with E-state index in [4.69, 9.17) is 21.6 Å². The molecule has 0 aromatic heterocycles. The fourth-order valence-electron chi connectivity index (χ4n) is 1.08. The van der Waals surface area contributed by atoms with Crippen LogP contribution in [0.1, 0.15) is 18.5 Å². The van der Waals surface area contributed by atoms with Gasteiger partial charge in [0, 0.05) is 0 Å². The van der Waals surface area contributed by atoms with E-state index in [1.165, 1.54) is 0 Å². The number of hydrogen-bond donors (Lipinski definition) is 2. The molecule has 4 nitrogen and oxygen atoms in total. The van der Waals surface area contributed by atoms with E-state index in [0.29, 0.717) is 4.19 Å². The third-order valence-corrected chi connectivity index (χ3v) is 3.58. The molecule has 0 amide bonds. The standard InChI is InChI=1S/C8H11ClNO3P/c1-7(10(9)14(11,12)13)8-5-3-2-4-6-8/h2-7H,1H3,(H2,11,12,13)/t7-/m1/s1. The fourth-order valence-corrected chi connectivity index (χ4v) is 1.78. The summed E-state index contributed by atoms with van der Waals surface area (Å²) in [6.07, 6.45) is 0. The van der Waals surface area contributed by atoms with E-state index in [0.717, 1.165) is 5.56 Å². The van der Waals surface area contributed by atoms with E-state index in [1.54, 1.807) is 31.2 Å². The van der Waals surface area contributed by atoms with Crippen molar-refractivity contribution < 1.29 is 14.4 Å². The molecule has 0 saturated carbocycles. The molecular weight excluding hydrogens is 225 g/mol. The van der Waals surface area contributed by atoms with Crippen LogP contribution in [0.3, 0.4) is 0 Å². The van der Waals surface area contributed by atoms with Crippen LogP contribution in [0.5, 0.6) is 0 Å². The van der Waals surface area contributed by atoms with Gasteiger partial charge >= 0.3 is 7.75 Å². The van der Waals surface area contributed by atoms with Gasteiger partial charge in [-0.2, -0.15) is 0 Å². The Hall–Kier alpha value is -0.380. The van der Waals surface area contributed by atoms with Crippen molar-refractivity contribution in [2.75, 3.05) is 0 Å². The monoisotopic (exact) mass is 235 g/mol. The van der Waals surface area contributed by atoms with Crippen molar-refractivity contribution in [1.29, 1.82) is 0 Å². The molecular formula is C8H11ClNO3P. The summed E-state index contributed by atoms with van der Waals surface area (Å²) in [5, 5.41) is 0. The van der Waals surface area contributed by atoms with Crippen molar-refractivity contribution in [3.05, 3.63) is 35.9 Å². The highest BCUT2D eigenvalue weighted by Gasteiger charge is 2.29. The first-order chi connectivity index (χ1) is 6.43. The van der Waals surface area contributed by atoms with Crippen LogP contribution >= 0.6 is 19.5 Å². The second kappa shape index (κ2) is 4.43. The van der Waals surface area contributed by atoms with Crippen LogP contribution < -0.4 is 0 Å². The largest absolute Gasteiger partial charge is 0.417 e. The summed E-state index contributed by atoms with van der Waals surface area (Å²) in [5.41, 5.74) is 0.755. The third-order valence-electron chi connectivity index (χ3n) is 1.85. The first-order valence-corrected chi connectivity index (χ1v) is 5.89. The Bertz CT molecular complexity index is 340. The molecule has 0 unspecified atom stereocenters. The minimum atomic E-state index is -4.38. The van der Waals surface area contributed by atoms with E-state index in [-0.39, 0.29) is 0 Å². The van der Waals surface area contributed by atoms with Gasteiger partial charge in [0.1, 0.15) is 0 Å². The van der Waals surface area contributed by atoms with Crippen LogP contribution in [0.25, 0.3) is 0 Å². The van der Waals surface area contributed by atoms with Gasteiger partial charge in [0.25, 0.3) is 0 Å². The predicted molar refractivity (Wildman–Crippen MR) is 54.6 cm³/mol.